The summed E-state index contributed by atoms with van der Waals surface area (Å²) in [6, 6.07) is 6.29. The molecule has 18 heavy (non-hydrogen) atoms. The van der Waals surface area contributed by atoms with Crippen LogP contribution in [0.15, 0.2) is 30.4 Å². The second kappa shape index (κ2) is 5.50. The van der Waals surface area contributed by atoms with Crippen molar-refractivity contribution in [3.05, 3.63) is 40.7 Å². The maximum Gasteiger partial charge on any atom is 0.178 e. The molecule has 0 unspecified atom stereocenters. The van der Waals surface area contributed by atoms with Crippen LogP contribution in [0.4, 0.5) is 0 Å². The van der Waals surface area contributed by atoms with Gasteiger partial charge in [0.1, 0.15) is 0 Å². The van der Waals surface area contributed by atoms with E-state index in [1.54, 1.807) is 0 Å². The Morgan fingerprint density at radius 1 is 1.50 bits per heavy atom. The zero-order chi connectivity index (χ0) is 13.1. The molecule has 1 aromatic carbocycles. The van der Waals surface area contributed by atoms with Gasteiger partial charge in [-0.25, -0.2) is 0 Å². The zero-order valence-electron chi connectivity index (χ0n) is 10.8. The van der Waals surface area contributed by atoms with E-state index in [-0.39, 0.29) is 0 Å². The van der Waals surface area contributed by atoms with E-state index in [9.17, 15) is 0 Å². The lowest BCUT2D eigenvalue weighted by atomic mass is 10.2. The highest BCUT2D eigenvalue weighted by Crippen LogP contribution is 2.15. The average Bonchev–Trinajstić information content (AvgIpc) is 2.59. The molecule has 0 aliphatic carbocycles. The number of ether oxygens (including phenoxy) is 1. The van der Waals surface area contributed by atoms with Crippen molar-refractivity contribution in [3.8, 4) is 0 Å². The molecule has 0 bridgehead atoms. The number of aryl methyl sites for hydroxylation is 1. The maximum atomic E-state index is 5.52. The van der Waals surface area contributed by atoms with Gasteiger partial charge in [0.15, 0.2) is 4.77 Å². The Morgan fingerprint density at radius 3 is 3.00 bits per heavy atom. The van der Waals surface area contributed by atoms with Gasteiger partial charge in [-0.15, -0.1) is 0 Å². The van der Waals surface area contributed by atoms with E-state index in [0.29, 0.717) is 13.2 Å². The van der Waals surface area contributed by atoms with Crippen LogP contribution in [-0.4, -0.2) is 22.8 Å². The highest BCUT2D eigenvalue weighted by atomic mass is 32.1. The largest absolute Gasteiger partial charge is 0.375 e. The number of hydrogen-bond donors (Lipinski definition) is 1. The van der Waals surface area contributed by atoms with Crippen LogP contribution in [0.1, 0.15) is 12.5 Å². The minimum absolute atomic E-state index is 0.606. The molecule has 0 saturated heterocycles. The van der Waals surface area contributed by atoms with E-state index in [0.717, 1.165) is 27.9 Å². The van der Waals surface area contributed by atoms with Gasteiger partial charge in [-0.05, 0) is 43.8 Å². The van der Waals surface area contributed by atoms with Gasteiger partial charge in [0.2, 0.25) is 0 Å². The van der Waals surface area contributed by atoms with Gasteiger partial charge in [-0.1, -0.05) is 18.2 Å². The first-order chi connectivity index (χ1) is 8.58. The molecular weight excluding hydrogens is 244 g/mol. The molecule has 2 aromatic rings. The Bertz CT molecular complexity index is 624. The number of imidazole rings is 1. The number of aromatic amines is 1. The smallest absolute Gasteiger partial charge is 0.178 e. The number of rotatable bonds is 5. The molecule has 1 N–H and O–H groups in total. The van der Waals surface area contributed by atoms with E-state index in [1.807, 2.05) is 6.92 Å². The Morgan fingerprint density at radius 2 is 2.28 bits per heavy atom. The molecule has 0 fully saturated rings. The first kappa shape index (κ1) is 13.1. The predicted molar refractivity (Wildman–Crippen MR) is 77.5 cm³/mol. The third kappa shape index (κ3) is 2.89. The average molecular weight is 262 g/mol. The van der Waals surface area contributed by atoms with Crippen molar-refractivity contribution in [1.29, 1.82) is 0 Å². The summed E-state index contributed by atoms with van der Waals surface area (Å²) < 4.78 is 8.33. The molecular formula is C14H18N2OS. The van der Waals surface area contributed by atoms with Gasteiger partial charge in [0.25, 0.3) is 0 Å². The third-order valence-electron chi connectivity index (χ3n) is 2.74. The quantitative estimate of drug-likeness (QED) is 0.507. The lowest BCUT2D eigenvalue weighted by Gasteiger charge is -2.06. The number of nitrogens with zero attached hydrogens (tertiary/aromatic N) is 1. The molecule has 1 aromatic heterocycles. The van der Waals surface area contributed by atoms with Gasteiger partial charge >= 0.3 is 0 Å². The fraction of sp³-hybridized carbons (Fsp3) is 0.357. The number of aromatic nitrogens is 2. The predicted octanol–water partition coefficient (Wildman–Crippen LogP) is 3.60. The van der Waals surface area contributed by atoms with Crippen molar-refractivity contribution in [3.63, 3.8) is 0 Å². The Balaban J connectivity index is 2.15. The SMILES string of the molecule is C=C(C)COCCn1c(=S)[nH]c2cc(C)ccc21. The van der Waals surface area contributed by atoms with E-state index in [2.05, 4.69) is 41.3 Å². The Hall–Kier alpha value is -1.39. The molecule has 3 nitrogen and oxygen atoms in total. The van der Waals surface area contributed by atoms with Crippen molar-refractivity contribution >= 4 is 23.3 Å². The summed E-state index contributed by atoms with van der Waals surface area (Å²) in [6.45, 7) is 9.85. The molecule has 0 radical (unpaired) electrons. The van der Waals surface area contributed by atoms with E-state index < -0.39 is 0 Å². The van der Waals surface area contributed by atoms with Crippen molar-refractivity contribution in [1.82, 2.24) is 9.55 Å². The fourth-order valence-corrected chi connectivity index (χ4v) is 2.20. The Labute approximate surface area is 112 Å². The standard InChI is InChI=1S/C14H18N2OS/c1-10(2)9-17-7-6-16-13-5-4-11(3)8-12(13)15-14(16)18/h4-5,8H,1,6-7,9H2,2-3H3,(H,15,18). The van der Waals surface area contributed by atoms with Gasteiger partial charge in [0, 0.05) is 6.54 Å². The molecule has 0 atom stereocenters. The molecule has 0 aliphatic rings. The molecule has 2 rings (SSSR count). The number of nitrogens with one attached hydrogen (secondary N) is 1. The minimum Gasteiger partial charge on any atom is -0.375 e. The number of H-pyrrole nitrogens is 1. The minimum atomic E-state index is 0.606. The highest BCUT2D eigenvalue weighted by Gasteiger charge is 2.04. The summed E-state index contributed by atoms with van der Waals surface area (Å²) in [7, 11) is 0. The van der Waals surface area contributed by atoms with Crippen molar-refractivity contribution in [2.45, 2.75) is 20.4 Å². The van der Waals surface area contributed by atoms with E-state index >= 15 is 0 Å². The lowest BCUT2D eigenvalue weighted by molar-refractivity contribution is 0.148. The van der Waals surface area contributed by atoms with Crippen molar-refractivity contribution < 1.29 is 4.74 Å². The second-order valence-electron chi connectivity index (χ2n) is 4.61. The molecule has 96 valence electrons. The van der Waals surface area contributed by atoms with Crippen LogP contribution < -0.4 is 0 Å². The van der Waals surface area contributed by atoms with Crippen LogP contribution in [0.3, 0.4) is 0 Å². The summed E-state index contributed by atoms with van der Waals surface area (Å²) in [5.74, 6) is 0. The van der Waals surface area contributed by atoms with E-state index in [4.69, 9.17) is 17.0 Å². The van der Waals surface area contributed by atoms with Crippen LogP contribution >= 0.6 is 12.2 Å². The first-order valence-corrected chi connectivity index (χ1v) is 6.40. The van der Waals surface area contributed by atoms with Crippen LogP contribution in [0.5, 0.6) is 0 Å². The summed E-state index contributed by atoms with van der Waals surface area (Å²) in [5, 5.41) is 0. The Kier molecular flexibility index (Phi) is 3.99. The number of hydrogen-bond acceptors (Lipinski definition) is 2. The fourth-order valence-electron chi connectivity index (χ4n) is 1.90. The van der Waals surface area contributed by atoms with Crippen LogP contribution in [0.2, 0.25) is 0 Å². The van der Waals surface area contributed by atoms with Crippen LogP contribution in [-0.2, 0) is 11.3 Å². The van der Waals surface area contributed by atoms with Gasteiger partial charge < -0.3 is 14.3 Å². The summed E-state index contributed by atoms with van der Waals surface area (Å²) in [6.07, 6.45) is 0. The van der Waals surface area contributed by atoms with E-state index in [1.165, 1.54) is 5.56 Å². The molecule has 0 saturated carbocycles. The molecule has 1 heterocycles. The van der Waals surface area contributed by atoms with Crippen molar-refractivity contribution in [2.75, 3.05) is 13.2 Å². The third-order valence-corrected chi connectivity index (χ3v) is 3.06. The van der Waals surface area contributed by atoms with Crippen LogP contribution in [0, 0.1) is 11.7 Å². The first-order valence-electron chi connectivity index (χ1n) is 5.99. The van der Waals surface area contributed by atoms with Crippen molar-refractivity contribution in [2.24, 2.45) is 0 Å². The summed E-state index contributed by atoms with van der Waals surface area (Å²) in [5.41, 5.74) is 4.47. The number of fused-ring (bicyclic) bond motifs is 1. The van der Waals surface area contributed by atoms with Crippen LogP contribution in [0.25, 0.3) is 11.0 Å². The molecule has 0 spiro atoms. The van der Waals surface area contributed by atoms with Gasteiger partial charge in [0.05, 0.1) is 24.2 Å². The normalized spacial score (nSPS) is 11.0. The van der Waals surface area contributed by atoms with Gasteiger partial charge in [-0.3, -0.25) is 0 Å². The maximum absolute atomic E-state index is 5.52. The summed E-state index contributed by atoms with van der Waals surface area (Å²) >= 11 is 5.33. The lowest BCUT2D eigenvalue weighted by Crippen LogP contribution is -2.07. The topological polar surface area (TPSA) is 29.9 Å². The zero-order valence-corrected chi connectivity index (χ0v) is 11.6. The molecule has 0 aliphatic heterocycles. The summed E-state index contributed by atoms with van der Waals surface area (Å²) in [4.78, 5) is 3.22. The number of benzene rings is 1. The second-order valence-corrected chi connectivity index (χ2v) is 5.00. The van der Waals surface area contributed by atoms with Gasteiger partial charge in [-0.2, -0.15) is 0 Å². The monoisotopic (exact) mass is 262 g/mol. The molecule has 0 amide bonds. The molecule has 4 heteroatoms. The highest BCUT2D eigenvalue weighted by molar-refractivity contribution is 7.71.